The van der Waals surface area contributed by atoms with E-state index in [1.165, 1.54) is 36.4 Å². The molecule has 0 fully saturated rings. The normalized spacial score (nSPS) is 11.7. The first-order valence-corrected chi connectivity index (χ1v) is 13.1. The van der Waals surface area contributed by atoms with Gasteiger partial charge in [0.05, 0.1) is 0 Å². The van der Waals surface area contributed by atoms with Gasteiger partial charge in [-0.05, 0) is 41.0 Å². The molecule has 1 N–H and O–H groups in total. The third-order valence-electron chi connectivity index (χ3n) is 5.39. The van der Waals surface area contributed by atoms with Crippen molar-refractivity contribution in [3.63, 3.8) is 0 Å². The molecule has 1 atom stereocenters. The molecule has 0 aliphatic rings. The highest BCUT2D eigenvalue weighted by atomic mass is 32.2. The fourth-order valence-corrected chi connectivity index (χ4v) is 4.40. The van der Waals surface area contributed by atoms with E-state index in [2.05, 4.69) is 5.32 Å². The first-order chi connectivity index (χ1) is 18.4. The van der Waals surface area contributed by atoms with Crippen molar-refractivity contribution in [3.8, 4) is 5.75 Å². The van der Waals surface area contributed by atoms with Crippen molar-refractivity contribution in [3.05, 3.63) is 132 Å². The number of alkyl carbamates (subject to hydrolysis) is 1. The number of hydrogen-bond acceptors (Lipinski definition) is 7. The summed E-state index contributed by atoms with van der Waals surface area (Å²) < 4.78 is 40.9. The lowest BCUT2D eigenvalue weighted by molar-refractivity contribution is -0.147. The van der Waals surface area contributed by atoms with Crippen LogP contribution in [0.15, 0.2) is 120 Å². The van der Waals surface area contributed by atoms with Gasteiger partial charge in [0, 0.05) is 0 Å². The second kappa shape index (κ2) is 12.6. The summed E-state index contributed by atoms with van der Waals surface area (Å²) in [7, 11) is -4.04. The third kappa shape index (κ3) is 7.44. The number of benzene rings is 4. The van der Waals surface area contributed by atoms with E-state index in [1.54, 1.807) is 30.3 Å². The molecule has 0 saturated carbocycles. The molecular weight excluding hydrogens is 506 g/mol. The number of ether oxygens (including phenoxy) is 2. The molecule has 4 aromatic rings. The lowest BCUT2D eigenvalue weighted by atomic mass is 10.1. The molecule has 194 valence electrons. The highest BCUT2D eigenvalue weighted by Gasteiger charge is 2.26. The SMILES string of the molecule is O=C(NC(C(=O)OCc1ccccc1)c1ccc(OS(=O)(=O)c2ccccc2)cc1)OCc1ccccc1. The number of amides is 1. The van der Waals surface area contributed by atoms with Crippen LogP contribution in [0.3, 0.4) is 0 Å². The zero-order chi connectivity index (χ0) is 26.8. The predicted octanol–water partition coefficient (Wildman–Crippen LogP) is 5.17. The Labute approximate surface area is 220 Å². The number of rotatable bonds is 10. The van der Waals surface area contributed by atoms with Gasteiger partial charge < -0.3 is 19.0 Å². The molecule has 0 saturated heterocycles. The lowest BCUT2D eigenvalue weighted by Gasteiger charge is -2.18. The van der Waals surface area contributed by atoms with Crippen molar-refractivity contribution in [2.45, 2.75) is 24.2 Å². The van der Waals surface area contributed by atoms with Gasteiger partial charge in [-0.25, -0.2) is 9.59 Å². The zero-order valence-electron chi connectivity index (χ0n) is 20.2. The summed E-state index contributed by atoms with van der Waals surface area (Å²) in [6.45, 7) is 0.0238. The van der Waals surface area contributed by atoms with Gasteiger partial charge in [-0.2, -0.15) is 8.42 Å². The van der Waals surface area contributed by atoms with Crippen LogP contribution in [0.5, 0.6) is 5.75 Å². The van der Waals surface area contributed by atoms with Crippen molar-refractivity contribution >= 4 is 22.2 Å². The smallest absolute Gasteiger partial charge is 0.408 e. The van der Waals surface area contributed by atoms with Crippen LogP contribution in [0.25, 0.3) is 0 Å². The maximum atomic E-state index is 13.0. The molecule has 0 bridgehead atoms. The molecule has 0 aliphatic heterocycles. The first-order valence-electron chi connectivity index (χ1n) is 11.7. The monoisotopic (exact) mass is 531 g/mol. The fraction of sp³-hybridized carbons (Fsp3) is 0.103. The van der Waals surface area contributed by atoms with Crippen LogP contribution in [-0.4, -0.2) is 20.5 Å². The maximum Gasteiger partial charge on any atom is 0.408 e. The van der Waals surface area contributed by atoms with E-state index in [0.717, 1.165) is 11.1 Å². The van der Waals surface area contributed by atoms with Crippen LogP contribution in [0, 0.1) is 0 Å². The van der Waals surface area contributed by atoms with Crippen LogP contribution in [0.2, 0.25) is 0 Å². The molecule has 9 heteroatoms. The average Bonchev–Trinajstić information content (AvgIpc) is 2.95. The Hall–Kier alpha value is -4.63. The van der Waals surface area contributed by atoms with Crippen molar-refractivity contribution in [1.29, 1.82) is 0 Å². The number of carbonyl (C=O) groups is 2. The van der Waals surface area contributed by atoms with Gasteiger partial charge in [-0.1, -0.05) is 91.0 Å². The summed E-state index contributed by atoms with van der Waals surface area (Å²) in [5, 5.41) is 2.54. The van der Waals surface area contributed by atoms with Gasteiger partial charge in [-0.15, -0.1) is 0 Å². The molecule has 0 aromatic heterocycles. The van der Waals surface area contributed by atoms with Gasteiger partial charge in [-0.3, -0.25) is 0 Å². The van der Waals surface area contributed by atoms with Gasteiger partial charge in [0.2, 0.25) is 0 Å². The molecule has 4 aromatic carbocycles. The quantitative estimate of drug-likeness (QED) is 0.222. The number of nitrogens with one attached hydrogen (secondary N) is 1. The molecule has 1 unspecified atom stereocenters. The Morgan fingerprint density at radius 2 is 1.16 bits per heavy atom. The van der Waals surface area contributed by atoms with Crippen LogP contribution in [0.1, 0.15) is 22.7 Å². The molecule has 8 nitrogen and oxygen atoms in total. The molecule has 0 heterocycles. The standard InChI is InChI=1S/C29H25NO7S/c31-28(35-20-22-10-4-1-5-11-22)27(30-29(32)36-21-23-12-6-2-7-13-23)24-16-18-25(19-17-24)37-38(33,34)26-14-8-3-9-15-26/h1-19,27H,20-21H2,(H,30,32). The molecule has 1 amide bonds. The van der Waals surface area contributed by atoms with E-state index in [4.69, 9.17) is 13.7 Å². The predicted molar refractivity (Wildman–Crippen MR) is 139 cm³/mol. The summed E-state index contributed by atoms with van der Waals surface area (Å²) in [6, 6.07) is 30.5. The average molecular weight is 532 g/mol. The first kappa shape index (κ1) is 26.4. The van der Waals surface area contributed by atoms with Crippen LogP contribution in [0.4, 0.5) is 4.79 Å². The minimum Gasteiger partial charge on any atom is -0.459 e. The second-order valence-electron chi connectivity index (χ2n) is 8.15. The van der Waals surface area contributed by atoms with Crippen molar-refractivity contribution in [2.75, 3.05) is 0 Å². The Bertz CT molecular complexity index is 1440. The van der Waals surface area contributed by atoms with Crippen molar-refractivity contribution in [1.82, 2.24) is 5.32 Å². The summed E-state index contributed by atoms with van der Waals surface area (Å²) in [5.74, 6) is -0.670. The van der Waals surface area contributed by atoms with Crippen LogP contribution in [-0.2, 0) is 37.6 Å². The molecular formula is C29H25NO7S. The molecule has 0 aliphatic carbocycles. The molecule has 0 spiro atoms. The topological polar surface area (TPSA) is 108 Å². The summed E-state index contributed by atoms with van der Waals surface area (Å²) in [4.78, 5) is 25.6. The second-order valence-corrected chi connectivity index (χ2v) is 9.70. The third-order valence-corrected chi connectivity index (χ3v) is 6.65. The van der Waals surface area contributed by atoms with Crippen LogP contribution >= 0.6 is 0 Å². The fourth-order valence-electron chi connectivity index (χ4n) is 3.45. The summed E-state index contributed by atoms with van der Waals surface area (Å²) >= 11 is 0. The van der Waals surface area contributed by atoms with E-state index >= 15 is 0 Å². The largest absolute Gasteiger partial charge is 0.459 e. The Morgan fingerprint density at radius 1 is 0.658 bits per heavy atom. The van der Waals surface area contributed by atoms with Gasteiger partial charge >= 0.3 is 22.2 Å². The highest BCUT2D eigenvalue weighted by Crippen LogP contribution is 2.23. The number of esters is 1. The summed E-state index contributed by atoms with van der Waals surface area (Å²) in [6.07, 6.45) is -0.817. The Balaban J connectivity index is 1.47. The van der Waals surface area contributed by atoms with E-state index in [9.17, 15) is 18.0 Å². The van der Waals surface area contributed by atoms with E-state index in [0.29, 0.717) is 5.56 Å². The zero-order valence-corrected chi connectivity index (χ0v) is 21.0. The minimum absolute atomic E-state index is 0.00737. The van der Waals surface area contributed by atoms with Gasteiger partial charge in [0.1, 0.15) is 23.9 Å². The molecule has 0 radical (unpaired) electrons. The minimum atomic E-state index is -4.04. The highest BCUT2D eigenvalue weighted by molar-refractivity contribution is 7.87. The maximum absolute atomic E-state index is 13.0. The van der Waals surface area contributed by atoms with E-state index in [1.807, 2.05) is 48.5 Å². The number of carbonyl (C=O) groups excluding carboxylic acids is 2. The van der Waals surface area contributed by atoms with Crippen molar-refractivity contribution in [2.24, 2.45) is 0 Å². The lowest BCUT2D eigenvalue weighted by Crippen LogP contribution is -2.35. The van der Waals surface area contributed by atoms with Gasteiger partial charge in [0.15, 0.2) is 6.04 Å². The van der Waals surface area contributed by atoms with E-state index in [-0.39, 0.29) is 23.9 Å². The number of hydrogen-bond donors (Lipinski definition) is 1. The molecule has 4 rings (SSSR count). The van der Waals surface area contributed by atoms with Gasteiger partial charge in [0.25, 0.3) is 0 Å². The van der Waals surface area contributed by atoms with E-state index < -0.39 is 28.2 Å². The Morgan fingerprint density at radius 3 is 1.71 bits per heavy atom. The van der Waals surface area contributed by atoms with Crippen LogP contribution < -0.4 is 9.50 Å². The summed E-state index contributed by atoms with van der Waals surface area (Å²) in [5.41, 5.74) is 1.91. The van der Waals surface area contributed by atoms with Crippen molar-refractivity contribution < 1.29 is 31.7 Å². The molecule has 38 heavy (non-hydrogen) atoms. The Kier molecular flexibility index (Phi) is 8.73.